The van der Waals surface area contributed by atoms with Crippen LogP contribution in [-0.2, 0) is 6.54 Å². The average Bonchev–Trinajstić information content (AvgIpc) is 3.03. The lowest BCUT2D eigenvalue weighted by Gasteiger charge is -2.27. The molecular formula is C19H26ClN3O4. The summed E-state index contributed by atoms with van der Waals surface area (Å²) < 4.78 is 16.1. The Labute approximate surface area is 164 Å². The highest BCUT2D eigenvalue weighted by atomic mass is 35.5. The van der Waals surface area contributed by atoms with E-state index in [9.17, 15) is 5.11 Å². The minimum absolute atomic E-state index is 0.195. The fourth-order valence-electron chi connectivity index (χ4n) is 3.58. The molecule has 1 atom stereocenters. The van der Waals surface area contributed by atoms with Gasteiger partial charge in [-0.2, -0.15) is 4.98 Å². The summed E-state index contributed by atoms with van der Waals surface area (Å²) in [5.74, 6) is 2.01. The summed E-state index contributed by atoms with van der Waals surface area (Å²) in [5.41, 5.74) is 0.704. The predicted molar refractivity (Wildman–Crippen MR) is 102 cm³/mol. The smallest absolute Gasteiger partial charge is 0.241 e. The third-order valence-electron chi connectivity index (χ3n) is 4.96. The molecule has 148 valence electrons. The molecule has 0 amide bonds. The number of halogens is 1. The standard InChI is InChI=1S/C19H26ClN3O4/c1-25-16-11-13(10-15(20)18(16)26-2)19-21-17(27-22-19)12-23-8-5-3-4-6-14(23)7-9-24/h10-11,14,24H,3-9,12H2,1-2H3/t14-/m1/s1. The second-order valence-corrected chi connectivity index (χ2v) is 7.10. The Balaban J connectivity index is 1.79. The molecule has 0 saturated carbocycles. The van der Waals surface area contributed by atoms with Gasteiger partial charge in [0, 0.05) is 18.2 Å². The van der Waals surface area contributed by atoms with Crippen LogP contribution in [0.5, 0.6) is 11.5 Å². The minimum atomic E-state index is 0.195. The molecule has 1 aliphatic heterocycles. The fourth-order valence-corrected chi connectivity index (χ4v) is 3.87. The van der Waals surface area contributed by atoms with Crippen LogP contribution in [0.2, 0.25) is 5.02 Å². The molecule has 1 saturated heterocycles. The lowest BCUT2D eigenvalue weighted by atomic mass is 10.1. The van der Waals surface area contributed by atoms with E-state index in [2.05, 4.69) is 15.0 Å². The van der Waals surface area contributed by atoms with Crippen LogP contribution < -0.4 is 9.47 Å². The normalized spacial score (nSPS) is 18.3. The van der Waals surface area contributed by atoms with E-state index in [0.717, 1.165) is 25.8 Å². The molecule has 3 rings (SSSR count). The molecule has 0 bridgehead atoms. The first-order chi connectivity index (χ1) is 13.2. The number of hydrogen-bond donors (Lipinski definition) is 1. The van der Waals surface area contributed by atoms with E-state index < -0.39 is 0 Å². The van der Waals surface area contributed by atoms with Crippen molar-refractivity contribution in [3.63, 3.8) is 0 Å². The van der Waals surface area contributed by atoms with Crippen LogP contribution in [0.15, 0.2) is 16.7 Å². The summed E-state index contributed by atoms with van der Waals surface area (Å²) in [6.45, 7) is 1.75. The number of hydrogen-bond acceptors (Lipinski definition) is 7. The largest absolute Gasteiger partial charge is 0.493 e. The van der Waals surface area contributed by atoms with Crippen LogP contribution in [0.4, 0.5) is 0 Å². The molecule has 7 nitrogen and oxygen atoms in total. The molecule has 2 heterocycles. The lowest BCUT2D eigenvalue weighted by Crippen LogP contribution is -2.35. The van der Waals surface area contributed by atoms with Crippen LogP contribution in [0.1, 0.15) is 38.0 Å². The van der Waals surface area contributed by atoms with Crippen molar-refractivity contribution in [1.82, 2.24) is 15.0 Å². The summed E-state index contributed by atoms with van der Waals surface area (Å²) in [7, 11) is 3.10. The van der Waals surface area contributed by atoms with Gasteiger partial charge >= 0.3 is 0 Å². The van der Waals surface area contributed by atoms with Crippen LogP contribution in [-0.4, -0.2) is 53.6 Å². The number of benzene rings is 1. The molecular weight excluding hydrogens is 370 g/mol. The predicted octanol–water partition coefficient (Wildman–Crippen LogP) is 3.53. The molecule has 0 unspecified atom stereocenters. The molecule has 1 aromatic heterocycles. The lowest BCUT2D eigenvalue weighted by molar-refractivity contribution is 0.137. The Kier molecular flexibility index (Phi) is 6.93. The summed E-state index contributed by atoms with van der Waals surface area (Å²) in [4.78, 5) is 6.87. The van der Waals surface area contributed by atoms with E-state index in [4.69, 9.17) is 25.6 Å². The monoisotopic (exact) mass is 395 g/mol. The van der Waals surface area contributed by atoms with E-state index in [0.29, 0.717) is 46.4 Å². The van der Waals surface area contributed by atoms with E-state index in [-0.39, 0.29) is 6.61 Å². The highest BCUT2D eigenvalue weighted by Crippen LogP contribution is 2.38. The van der Waals surface area contributed by atoms with Crippen molar-refractivity contribution >= 4 is 11.6 Å². The topological polar surface area (TPSA) is 80.9 Å². The maximum Gasteiger partial charge on any atom is 0.241 e. The summed E-state index contributed by atoms with van der Waals surface area (Å²) in [6, 6.07) is 3.86. The van der Waals surface area contributed by atoms with E-state index in [1.165, 1.54) is 12.8 Å². The Hall–Kier alpha value is -1.83. The molecule has 0 spiro atoms. The van der Waals surface area contributed by atoms with Gasteiger partial charge in [0.15, 0.2) is 11.5 Å². The number of ether oxygens (including phenoxy) is 2. The first kappa shape index (κ1) is 19.9. The van der Waals surface area contributed by atoms with Crippen LogP contribution >= 0.6 is 11.6 Å². The highest BCUT2D eigenvalue weighted by Gasteiger charge is 2.23. The van der Waals surface area contributed by atoms with Crippen molar-refractivity contribution in [3.05, 3.63) is 23.0 Å². The van der Waals surface area contributed by atoms with Crippen molar-refractivity contribution in [2.75, 3.05) is 27.4 Å². The number of likely N-dealkylation sites (tertiary alicyclic amines) is 1. The van der Waals surface area contributed by atoms with Gasteiger partial charge in [-0.05, 0) is 37.9 Å². The number of aromatic nitrogens is 2. The first-order valence-corrected chi connectivity index (χ1v) is 9.63. The number of methoxy groups -OCH3 is 2. The van der Waals surface area contributed by atoms with Gasteiger partial charge in [0.05, 0.1) is 25.8 Å². The number of nitrogens with zero attached hydrogens (tertiary/aromatic N) is 3. The van der Waals surface area contributed by atoms with Gasteiger partial charge in [0.1, 0.15) is 0 Å². The fraction of sp³-hybridized carbons (Fsp3) is 0.579. The van der Waals surface area contributed by atoms with Crippen LogP contribution in [0, 0.1) is 0 Å². The summed E-state index contributed by atoms with van der Waals surface area (Å²) in [6.07, 6.45) is 5.42. The van der Waals surface area contributed by atoms with Crippen molar-refractivity contribution in [2.24, 2.45) is 0 Å². The Morgan fingerprint density at radius 3 is 2.85 bits per heavy atom. The maximum absolute atomic E-state index is 9.35. The molecule has 1 N–H and O–H groups in total. The highest BCUT2D eigenvalue weighted by molar-refractivity contribution is 6.32. The van der Waals surface area contributed by atoms with Gasteiger partial charge in [-0.25, -0.2) is 0 Å². The quantitative estimate of drug-likeness (QED) is 0.767. The molecule has 1 fully saturated rings. The average molecular weight is 396 g/mol. The molecule has 8 heteroatoms. The van der Waals surface area contributed by atoms with Gasteiger partial charge < -0.3 is 19.1 Å². The zero-order valence-corrected chi connectivity index (χ0v) is 16.5. The minimum Gasteiger partial charge on any atom is -0.493 e. The Morgan fingerprint density at radius 2 is 2.11 bits per heavy atom. The van der Waals surface area contributed by atoms with Crippen molar-refractivity contribution in [3.8, 4) is 22.9 Å². The first-order valence-electron chi connectivity index (χ1n) is 9.25. The molecule has 1 aliphatic rings. The van der Waals surface area contributed by atoms with Gasteiger partial charge in [0.25, 0.3) is 0 Å². The Morgan fingerprint density at radius 1 is 1.26 bits per heavy atom. The van der Waals surface area contributed by atoms with Crippen molar-refractivity contribution in [2.45, 2.75) is 44.7 Å². The van der Waals surface area contributed by atoms with Gasteiger partial charge in [-0.3, -0.25) is 4.90 Å². The third kappa shape index (κ3) is 4.72. The SMILES string of the molecule is COc1cc(-c2noc(CN3CCCCC[C@@H]3CCO)n2)cc(Cl)c1OC. The third-order valence-corrected chi connectivity index (χ3v) is 5.24. The molecule has 0 aliphatic carbocycles. The zero-order chi connectivity index (χ0) is 19.2. The second-order valence-electron chi connectivity index (χ2n) is 6.69. The van der Waals surface area contributed by atoms with Gasteiger partial charge in [-0.15, -0.1) is 0 Å². The van der Waals surface area contributed by atoms with Crippen LogP contribution in [0.3, 0.4) is 0 Å². The second kappa shape index (κ2) is 9.39. The number of aliphatic hydroxyl groups is 1. The summed E-state index contributed by atoms with van der Waals surface area (Å²) in [5, 5.41) is 13.9. The maximum atomic E-state index is 9.35. The van der Waals surface area contributed by atoms with E-state index in [1.807, 2.05) is 0 Å². The molecule has 0 radical (unpaired) electrons. The van der Waals surface area contributed by atoms with E-state index in [1.54, 1.807) is 26.4 Å². The number of rotatable bonds is 7. The van der Waals surface area contributed by atoms with Crippen molar-refractivity contribution in [1.29, 1.82) is 0 Å². The van der Waals surface area contributed by atoms with Gasteiger partial charge in [0.2, 0.25) is 11.7 Å². The van der Waals surface area contributed by atoms with Crippen LogP contribution in [0.25, 0.3) is 11.4 Å². The molecule has 2 aromatic rings. The van der Waals surface area contributed by atoms with Gasteiger partial charge in [-0.1, -0.05) is 29.6 Å². The summed E-state index contributed by atoms with van der Waals surface area (Å²) >= 11 is 6.27. The number of aliphatic hydroxyl groups excluding tert-OH is 1. The molecule has 1 aromatic carbocycles. The molecule has 27 heavy (non-hydrogen) atoms. The van der Waals surface area contributed by atoms with E-state index >= 15 is 0 Å². The van der Waals surface area contributed by atoms with Crippen molar-refractivity contribution < 1.29 is 19.1 Å². The zero-order valence-electron chi connectivity index (χ0n) is 15.8. The Bertz CT molecular complexity index is 753.